The van der Waals surface area contributed by atoms with E-state index < -0.39 is 0 Å². The van der Waals surface area contributed by atoms with Crippen LogP contribution in [0, 0.1) is 11.8 Å². The summed E-state index contributed by atoms with van der Waals surface area (Å²) in [6.45, 7) is 0.746. The molecule has 0 spiro atoms. The molecule has 0 bridgehead atoms. The van der Waals surface area contributed by atoms with Gasteiger partial charge in [0.1, 0.15) is 5.75 Å². The first-order chi connectivity index (χ1) is 9.74. The molecule has 0 aliphatic heterocycles. The van der Waals surface area contributed by atoms with E-state index in [1.807, 2.05) is 12.1 Å². The molecule has 3 aliphatic rings. The molecule has 20 heavy (non-hydrogen) atoms. The predicted molar refractivity (Wildman–Crippen MR) is 77.3 cm³/mol. The predicted octanol–water partition coefficient (Wildman–Crippen LogP) is 2.42. The Kier molecular flexibility index (Phi) is 2.62. The number of aromatic hydroxyl groups is 1. The SMILES string of the molecule is O=C(NCC1CCc2c(O)ccc3c2C1=CC3)C1CC1. The van der Waals surface area contributed by atoms with Gasteiger partial charge in [0.2, 0.25) is 5.91 Å². The molecule has 2 N–H and O–H groups in total. The lowest BCUT2D eigenvalue weighted by Gasteiger charge is -2.27. The van der Waals surface area contributed by atoms with Gasteiger partial charge in [-0.1, -0.05) is 12.1 Å². The van der Waals surface area contributed by atoms with Crippen molar-refractivity contribution >= 4 is 11.5 Å². The van der Waals surface area contributed by atoms with Crippen LogP contribution >= 0.6 is 0 Å². The van der Waals surface area contributed by atoms with Crippen molar-refractivity contribution in [3.63, 3.8) is 0 Å². The zero-order valence-electron chi connectivity index (χ0n) is 11.5. The summed E-state index contributed by atoms with van der Waals surface area (Å²) >= 11 is 0. The van der Waals surface area contributed by atoms with Crippen molar-refractivity contribution in [2.75, 3.05) is 6.54 Å². The maximum Gasteiger partial charge on any atom is 0.223 e. The highest BCUT2D eigenvalue weighted by molar-refractivity contribution is 5.82. The lowest BCUT2D eigenvalue weighted by atomic mass is 9.79. The van der Waals surface area contributed by atoms with Gasteiger partial charge in [-0.15, -0.1) is 0 Å². The van der Waals surface area contributed by atoms with Crippen molar-refractivity contribution < 1.29 is 9.90 Å². The molecule has 3 aliphatic carbocycles. The third-order valence-corrected chi connectivity index (χ3v) is 4.86. The molecular formula is C17H19NO2. The zero-order valence-corrected chi connectivity index (χ0v) is 11.5. The van der Waals surface area contributed by atoms with E-state index in [9.17, 15) is 9.90 Å². The number of phenols is 1. The third kappa shape index (κ3) is 1.84. The first-order valence-corrected chi connectivity index (χ1v) is 7.56. The minimum absolute atomic E-state index is 0.227. The number of hydrogen-bond donors (Lipinski definition) is 2. The Hall–Kier alpha value is -1.77. The van der Waals surface area contributed by atoms with Crippen molar-refractivity contribution in [3.05, 3.63) is 34.9 Å². The summed E-state index contributed by atoms with van der Waals surface area (Å²) in [6.07, 6.45) is 7.28. The second kappa shape index (κ2) is 4.37. The van der Waals surface area contributed by atoms with E-state index in [0.717, 1.165) is 44.2 Å². The molecule has 3 heteroatoms. The van der Waals surface area contributed by atoms with Crippen LogP contribution in [0.3, 0.4) is 0 Å². The molecule has 104 valence electrons. The van der Waals surface area contributed by atoms with Crippen molar-refractivity contribution in [2.45, 2.75) is 32.1 Å². The number of allylic oxidation sites excluding steroid dienone is 1. The van der Waals surface area contributed by atoms with Crippen LogP contribution in [0.1, 0.15) is 36.0 Å². The number of nitrogens with one attached hydrogen (secondary N) is 1. The fourth-order valence-corrected chi connectivity index (χ4v) is 3.56. The van der Waals surface area contributed by atoms with Gasteiger partial charge in [-0.3, -0.25) is 4.79 Å². The first kappa shape index (κ1) is 12.0. The summed E-state index contributed by atoms with van der Waals surface area (Å²) < 4.78 is 0. The average Bonchev–Trinajstić information content (AvgIpc) is 3.22. The standard InChI is InChI=1S/C17H19NO2/c19-15-8-5-10-3-6-13-12(4-7-14(15)16(10)13)9-18-17(20)11-1-2-11/h5-6,8,11-12,19H,1-4,7,9H2,(H,18,20). The monoisotopic (exact) mass is 269 g/mol. The van der Waals surface area contributed by atoms with E-state index in [2.05, 4.69) is 11.4 Å². The van der Waals surface area contributed by atoms with Gasteiger partial charge < -0.3 is 10.4 Å². The summed E-state index contributed by atoms with van der Waals surface area (Å²) in [7, 11) is 0. The van der Waals surface area contributed by atoms with E-state index in [0.29, 0.717) is 11.7 Å². The summed E-state index contributed by atoms with van der Waals surface area (Å²) in [5.41, 5.74) is 5.04. The van der Waals surface area contributed by atoms with Crippen LogP contribution in [-0.2, 0) is 17.6 Å². The van der Waals surface area contributed by atoms with E-state index >= 15 is 0 Å². The maximum atomic E-state index is 11.8. The van der Waals surface area contributed by atoms with Crippen LogP contribution < -0.4 is 5.32 Å². The Morgan fingerprint density at radius 1 is 1.30 bits per heavy atom. The highest BCUT2D eigenvalue weighted by Crippen LogP contribution is 2.44. The van der Waals surface area contributed by atoms with Crippen LogP contribution in [0.2, 0.25) is 0 Å². The number of hydrogen-bond acceptors (Lipinski definition) is 2. The fraction of sp³-hybridized carbons (Fsp3) is 0.471. The number of rotatable bonds is 3. The van der Waals surface area contributed by atoms with E-state index in [-0.39, 0.29) is 11.8 Å². The first-order valence-electron chi connectivity index (χ1n) is 7.56. The molecule has 4 rings (SSSR count). The summed E-state index contributed by atoms with van der Waals surface area (Å²) in [5, 5.41) is 13.1. The van der Waals surface area contributed by atoms with E-state index in [4.69, 9.17) is 0 Å². The Labute approximate surface area is 118 Å². The fourth-order valence-electron chi connectivity index (χ4n) is 3.56. The minimum atomic E-state index is 0.227. The number of amides is 1. The highest BCUT2D eigenvalue weighted by atomic mass is 16.3. The van der Waals surface area contributed by atoms with E-state index in [1.165, 1.54) is 16.7 Å². The van der Waals surface area contributed by atoms with Gasteiger partial charge in [0.15, 0.2) is 0 Å². The topological polar surface area (TPSA) is 49.3 Å². The molecule has 1 saturated carbocycles. The molecule has 1 unspecified atom stereocenters. The second-order valence-electron chi connectivity index (χ2n) is 6.22. The molecule has 1 aromatic carbocycles. The number of carbonyl (C=O) groups excluding carboxylic acids is 1. The van der Waals surface area contributed by atoms with Crippen LogP contribution in [0.25, 0.3) is 5.57 Å². The van der Waals surface area contributed by atoms with Crippen LogP contribution in [-0.4, -0.2) is 17.6 Å². The van der Waals surface area contributed by atoms with Gasteiger partial charge in [0.25, 0.3) is 0 Å². The number of phenolic OH excluding ortho intramolecular Hbond substituents is 1. The molecule has 3 nitrogen and oxygen atoms in total. The lowest BCUT2D eigenvalue weighted by Crippen LogP contribution is -2.32. The maximum absolute atomic E-state index is 11.8. The molecule has 1 aromatic rings. The quantitative estimate of drug-likeness (QED) is 0.885. The Morgan fingerprint density at radius 3 is 2.95 bits per heavy atom. The summed E-state index contributed by atoms with van der Waals surface area (Å²) in [5.74, 6) is 1.35. The van der Waals surface area contributed by atoms with Crippen molar-refractivity contribution in [1.29, 1.82) is 0 Å². The van der Waals surface area contributed by atoms with Crippen LogP contribution in [0.5, 0.6) is 5.75 Å². The minimum Gasteiger partial charge on any atom is -0.508 e. The number of carbonyl (C=O) groups is 1. The molecule has 1 atom stereocenters. The molecule has 0 heterocycles. The molecular weight excluding hydrogens is 250 g/mol. The Balaban J connectivity index is 1.55. The van der Waals surface area contributed by atoms with E-state index in [1.54, 1.807) is 0 Å². The van der Waals surface area contributed by atoms with Crippen molar-refractivity contribution in [1.82, 2.24) is 5.32 Å². The molecule has 0 saturated heterocycles. The average molecular weight is 269 g/mol. The second-order valence-corrected chi connectivity index (χ2v) is 6.22. The van der Waals surface area contributed by atoms with Crippen molar-refractivity contribution in [3.8, 4) is 5.75 Å². The molecule has 1 amide bonds. The van der Waals surface area contributed by atoms with Crippen LogP contribution in [0.15, 0.2) is 18.2 Å². The zero-order chi connectivity index (χ0) is 13.7. The largest absolute Gasteiger partial charge is 0.508 e. The van der Waals surface area contributed by atoms with Gasteiger partial charge in [0, 0.05) is 23.9 Å². The van der Waals surface area contributed by atoms with Crippen LogP contribution in [0.4, 0.5) is 0 Å². The Morgan fingerprint density at radius 2 is 2.15 bits per heavy atom. The highest BCUT2D eigenvalue weighted by Gasteiger charge is 2.33. The smallest absolute Gasteiger partial charge is 0.223 e. The normalized spacial score (nSPS) is 23.2. The van der Waals surface area contributed by atoms with Crippen molar-refractivity contribution in [2.24, 2.45) is 11.8 Å². The van der Waals surface area contributed by atoms with Gasteiger partial charge in [0.05, 0.1) is 0 Å². The van der Waals surface area contributed by atoms with Gasteiger partial charge in [-0.2, -0.15) is 0 Å². The van der Waals surface area contributed by atoms with Gasteiger partial charge in [-0.25, -0.2) is 0 Å². The summed E-state index contributed by atoms with van der Waals surface area (Å²) in [4.78, 5) is 11.8. The lowest BCUT2D eigenvalue weighted by molar-refractivity contribution is -0.122. The van der Waals surface area contributed by atoms with Gasteiger partial charge >= 0.3 is 0 Å². The molecule has 0 aromatic heterocycles. The summed E-state index contributed by atoms with van der Waals surface area (Å²) in [6, 6.07) is 3.85. The molecule has 1 fully saturated rings. The number of benzene rings is 1. The molecule has 0 radical (unpaired) electrons. The van der Waals surface area contributed by atoms with Gasteiger partial charge in [-0.05, 0) is 54.9 Å². The third-order valence-electron chi connectivity index (χ3n) is 4.86. The Bertz CT molecular complexity index is 614.